The Kier molecular flexibility index (Phi) is 5.22. The molecule has 2 atom stereocenters. The zero-order chi connectivity index (χ0) is 12.0. The van der Waals surface area contributed by atoms with Gasteiger partial charge in [-0.1, -0.05) is 6.42 Å². The van der Waals surface area contributed by atoms with Gasteiger partial charge >= 0.3 is 5.97 Å². The Morgan fingerprint density at radius 3 is 2.88 bits per heavy atom. The molecule has 1 aliphatic carbocycles. The number of nitrogens with one attached hydrogen (secondary N) is 1. The summed E-state index contributed by atoms with van der Waals surface area (Å²) in [5.74, 6) is 0.229. The lowest BCUT2D eigenvalue weighted by atomic mass is 9.85. The van der Waals surface area contributed by atoms with Crippen molar-refractivity contribution in [2.45, 2.75) is 38.1 Å². The number of rotatable bonds is 6. The highest BCUT2D eigenvalue weighted by molar-refractivity contribution is 5.81. The Hall–Kier alpha value is -0.610. The van der Waals surface area contributed by atoms with Gasteiger partial charge in [0.15, 0.2) is 0 Å². The first-order valence-corrected chi connectivity index (χ1v) is 6.06. The van der Waals surface area contributed by atoms with E-state index in [1.54, 1.807) is 7.11 Å². The number of carbonyl (C=O) groups excluding carboxylic acids is 1. The van der Waals surface area contributed by atoms with Crippen molar-refractivity contribution in [2.75, 3.05) is 27.4 Å². The summed E-state index contributed by atoms with van der Waals surface area (Å²) >= 11 is 0. The zero-order valence-corrected chi connectivity index (χ0v) is 10.5. The molecule has 0 radical (unpaired) electrons. The van der Waals surface area contributed by atoms with Gasteiger partial charge in [0.2, 0.25) is 0 Å². The zero-order valence-electron chi connectivity index (χ0n) is 10.5. The van der Waals surface area contributed by atoms with E-state index >= 15 is 0 Å². The van der Waals surface area contributed by atoms with Crippen LogP contribution < -0.4 is 5.32 Å². The molecule has 16 heavy (non-hydrogen) atoms. The Bertz CT molecular complexity index is 232. The summed E-state index contributed by atoms with van der Waals surface area (Å²) in [4.78, 5) is 12.0. The Balaban J connectivity index is 2.71. The largest absolute Gasteiger partial charge is 0.465 e. The van der Waals surface area contributed by atoms with E-state index in [0.717, 1.165) is 25.7 Å². The van der Waals surface area contributed by atoms with E-state index in [1.807, 2.05) is 14.0 Å². The summed E-state index contributed by atoms with van der Waals surface area (Å²) in [6.07, 6.45) is 3.93. The molecular formula is C12H23NO3. The van der Waals surface area contributed by atoms with E-state index in [4.69, 9.17) is 9.47 Å². The van der Waals surface area contributed by atoms with Gasteiger partial charge in [0, 0.05) is 13.7 Å². The predicted octanol–water partition coefficient (Wildman–Crippen LogP) is 1.34. The molecule has 2 unspecified atom stereocenters. The first-order chi connectivity index (χ1) is 7.71. The molecule has 1 N–H and O–H groups in total. The van der Waals surface area contributed by atoms with Crippen LogP contribution in [0.5, 0.6) is 0 Å². The number of carbonyl (C=O) groups is 1. The van der Waals surface area contributed by atoms with Gasteiger partial charge in [-0.15, -0.1) is 0 Å². The standard InChI is InChI=1S/C12H23NO3/c1-4-16-11(14)12(13-2)8-5-6-10(12)7-9-15-3/h10,13H,4-9H2,1-3H3. The molecule has 0 amide bonds. The normalized spacial score (nSPS) is 29.3. The van der Waals surface area contributed by atoms with Crippen molar-refractivity contribution in [2.24, 2.45) is 5.92 Å². The Morgan fingerprint density at radius 2 is 2.31 bits per heavy atom. The van der Waals surface area contributed by atoms with Gasteiger partial charge in [0.05, 0.1) is 6.61 Å². The van der Waals surface area contributed by atoms with Crippen LogP contribution in [0.4, 0.5) is 0 Å². The van der Waals surface area contributed by atoms with Gasteiger partial charge in [-0.05, 0) is 39.2 Å². The van der Waals surface area contributed by atoms with Gasteiger partial charge in [-0.3, -0.25) is 4.79 Å². The lowest BCUT2D eigenvalue weighted by molar-refractivity contribution is -0.153. The lowest BCUT2D eigenvalue weighted by Crippen LogP contribution is -2.54. The molecule has 0 saturated heterocycles. The smallest absolute Gasteiger partial charge is 0.326 e. The maximum atomic E-state index is 12.0. The Morgan fingerprint density at radius 1 is 1.56 bits per heavy atom. The van der Waals surface area contributed by atoms with Gasteiger partial charge in [-0.2, -0.15) is 0 Å². The van der Waals surface area contributed by atoms with Crippen molar-refractivity contribution in [3.8, 4) is 0 Å². The molecule has 1 fully saturated rings. The highest BCUT2D eigenvalue weighted by Gasteiger charge is 2.48. The topological polar surface area (TPSA) is 47.6 Å². The van der Waals surface area contributed by atoms with Crippen molar-refractivity contribution < 1.29 is 14.3 Å². The first kappa shape index (κ1) is 13.5. The number of hydrogen-bond donors (Lipinski definition) is 1. The third-order valence-corrected chi connectivity index (χ3v) is 3.58. The molecule has 0 heterocycles. The molecule has 0 bridgehead atoms. The third-order valence-electron chi connectivity index (χ3n) is 3.58. The molecule has 94 valence electrons. The van der Waals surface area contributed by atoms with Crippen LogP contribution in [0.3, 0.4) is 0 Å². The summed E-state index contributed by atoms with van der Waals surface area (Å²) in [6, 6.07) is 0. The SMILES string of the molecule is CCOC(=O)C1(NC)CCCC1CCOC. The first-order valence-electron chi connectivity index (χ1n) is 6.06. The van der Waals surface area contributed by atoms with E-state index in [0.29, 0.717) is 19.1 Å². The number of ether oxygens (including phenoxy) is 2. The van der Waals surface area contributed by atoms with E-state index in [9.17, 15) is 4.79 Å². The molecule has 4 heteroatoms. The van der Waals surface area contributed by atoms with Crippen LogP contribution in [0.2, 0.25) is 0 Å². The molecule has 0 aliphatic heterocycles. The van der Waals surface area contributed by atoms with Crippen molar-refractivity contribution in [3.63, 3.8) is 0 Å². The average molecular weight is 229 g/mol. The monoisotopic (exact) mass is 229 g/mol. The summed E-state index contributed by atoms with van der Waals surface area (Å²) in [5.41, 5.74) is -0.478. The van der Waals surface area contributed by atoms with Crippen LogP contribution in [0.1, 0.15) is 32.6 Å². The van der Waals surface area contributed by atoms with E-state index in [2.05, 4.69) is 5.32 Å². The minimum atomic E-state index is -0.478. The maximum absolute atomic E-state index is 12.0. The van der Waals surface area contributed by atoms with Crippen LogP contribution in [-0.4, -0.2) is 38.9 Å². The van der Waals surface area contributed by atoms with E-state index < -0.39 is 5.54 Å². The number of esters is 1. The fourth-order valence-corrected chi connectivity index (χ4v) is 2.69. The number of likely N-dealkylation sites (N-methyl/N-ethyl adjacent to an activating group) is 1. The fourth-order valence-electron chi connectivity index (χ4n) is 2.69. The van der Waals surface area contributed by atoms with Crippen LogP contribution in [0.25, 0.3) is 0 Å². The lowest BCUT2D eigenvalue weighted by Gasteiger charge is -2.32. The maximum Gasteiger partial charge on any atom is 0.326 e. The highest BCUT2D eigenvalue weighted by Crippen LogP contribution is 2.38. The number of methoxy groups -OCH3 is 1. The van der Waals surface area contributed by atoms with Gasteiger partial charge in [0.1, 0.15) is 5.54 Å². The molecule has 0 spiro atoms. The molecule has 0 aromatic carbocycles. The summed E-state index contributed by atoms with van der Waals surface area (Å²) in [6.45, 7) is 2.99. The van der Waals surface area contributed by atoms with Crippen LogP contribution >= 0.6 is 0 Å². The molecule has 0 aromatic heterocycles. The van der Waals surface area contributed by atoms with Crippen LogP contribution in [0.15, 0.2) is 0 Å². The second-order valence-electron chi connectivity index (χ2n) is 4.31. The highest BCUT2D eigenvalue weighted by atomic mass is 16.5. The fraction of sp³-hybridized carbons (Fsp3) is 0.917. The molecule has 4 nitrogen and oxygen atoms in total. The second kappa shape index (κ2) is 6.21. The van der Waals surface area contributed by atoms with Gasteiger partial charge in [0.25, 0.3) is 0 Å². The summed E-state index contributed by atoms with van der Waals surface area (Å²) in [5, 5.41) is 3.19. The van der Waals surface area contributed by atoms with Crippen LogP contribution in [0, 0.1) is 5.92 Å². The minimum Gasteiger partial charge on any atom is -0.465 e. The Labute approximate surface area is 97.7 Å². The van der Waals surface area contributed by atoms with Crippen LogP contribution in [-0.2, 0) is 14.3 Å². The minimum absolute atomic E-state index is 0.101. The van der Waals surface area contributed by atoms with Gasteiger partial charge in [-0.25, -0.2) is 0 Å². The molecule has 1 rings (SSSR count). The average Bonchev–Trinajstić information content (AvgIpc) is 2.70. The number of hydrogen-bond acceptors (Lipinski definition) is 4. The van der Waals surface area contributed by atoms with Crippen molar-refractivity contribution in [1.82, 2.24) is 5.32 Å². The summed E-state index contributed by atoms with van der Waals surface area (Å²) in [7, 11) is 3.54. The summed E-state index contributed by atoms with van der Waals surface area (Å²) < 4.78 is 10.3. The van der Waals surface area contributed by atoms with E-state index in [-0.39, 0.29) is 5.97 Å². The van der Waals surface area contributed by atoms with E-state index in [1.165, 1.54) is 0 Å². The molecular weight excluding hydrogens is 206 g/mol. The quantitative estimate of drug-likeness (QED) is 0.698. The third kappa shape index (κ3) is 2.55. The van der Waals surface area contributed by atoms with Crippen molar-refractivity contribution >= 4 is 5.97 Å². The van der Waals surface area contributed by atoms with Crippen molar-refractivity contribution in [1.29, 1.82) is 0 Å². The second-order valence-corrected chi connectivity index (χ2v) is 4.31. The van der Waals surface area contributed by atoms with Crippen molar-refractivity contribution in [3.05, 3.63) is 0 Å². The molecule has 1 saturated carbocycles. The predicted molar refractivity (Wildman–Crippen MR) is 62.3 cm³/mol. The molecule has 1 aliphatic rings. The molecule has 0 aromatic rings. The van der Waals surface area contributed by atoms with Gasteiger partial charge < -0.3 is 14.8 Å².